The van der Waals surface area contributed by atoms with Crippen LogP contribution in [0.1, 0.15) is 26.3 Å². The summed E-state index contributed by atoms with van der Waals surface area (Å²) in [6, 6.07) is 3.06. The zero-order chi connectivity index (χ0) is 21.2. The van der Waals surface area contributed by atoms with Crippen LogP contribution in [0, 0.1) is 0 Å². The summed E-state index contributed by atoms with van der Waals surface area (Å²) >= 11 is 0. The van der Waals surface area contributed by atoms with E-state index in [9.17, 15) is 18.0 Å². The second kappa shape index (κ2) is 13.4. The van der Waals surface area contributed by atoms with Gasteiger partial charge in [0.15, 0.2) is 12.6 Å². The predicted octanol–water partition coefficient (Wildman–Crippen LogP) is 2.91. The maximum Gasteiger partial charge on any atom is 0.422 e. The van der Waals surface area contributed by atoms with Gasteiger partial charge in [0, 0.05) is 38.9 Å². The molecule has 0 radical (unpaired) electrons. The third-order valence-electron chi connectivity index (χ3n) is 3.78. The standard InChI is InChI=1S/C18H28F3N5O2.HI/c1-5-22-17(25(4)12-16(27)26(6-2)7-3)24-11-14-8-9-23-15(10-14)28-13-18(19,20)21;/h8-10H,5-7,11-13H2,1-4H3,(H,22,24);1H. The predicted molar refractivity (Wildman–Crippen MR) is 117 cm³/mol. The van der Waals surface area contributed by atoms with Gasteiger partial charge < -0.3 is 19.9 Å². The highest BCUT2D eigenvalue weighted by molar-refractivity contribution is 14.0. The first-order valence-electron chi connectivity index (χ1n) is 9.11. The molecule has 166 valence electrons. The summed E-state index contributed by atoms with van der Waals surface area (Å²) in [5, 5.41) is 3.10. The molecule has 11 heteroatoms. The average molecular weight is 531 g/mol. The van der Waals surface area contributed by atoms with Gasteiger partial charge in [0.05, 0.1) is 13.1 Å². The lowest BCUT2D eigenvalue weighted by molar-refractivity contribution is -0.154. The Kier molecular flexibility index (Phi) is 12.6. The van der Waals surface area contributed by atoms with E-state index >= 15 is 0 Å². The van der Waals surface area contributed by atoms with Gasteiger partial charge in [-0.15, -0.1) is 24.0 Å². The highest BCUT2D eigenvalue weighted by atomic mass is 127. The molecule has 0 aliphatic carbocycles. The van der Waals surface area contributed by atoms with Crippen molar-refractivity contribution in [1.29, 1.82) is 0 Å². The molecule has 0 fully saturated rings. The van der Waals surface area contributed by atoms with E-state index in [1.807, 2.05) is 20.8 Å². The number of guanidine groups is 1. The van der Waals surface area contributed by atoms with Gasteiger partial charge >= 0.3 is 6.18 Å². The van der Waals surface area contributed by atoms with Gasteiger partial charge in [-0.1, -0.05) is 0 Å². The van der Waals surface area contributed by atoms with Gasteiger partial charge in [-0.2, -0.15) is 13.2 Å². The van der Waals surface area contributed by atoms with E-state index in [4.69, 9.17) is 0 Å². The summed E-state index contributed by atoms with van der Waals surface area (Å²) < 4.78 is 41.4. The largest absolute Gasteiger partial charge is 0.468 e. The van der Waals surface area contributed by atoms with Crippen molar-refractivity contribution in [3.8, 4) is 5.88 Å². The zero-order valence-electron chi connectivity index (χ0n) is 17.1. The Balaban J connectivity index is 0.00000784. The second-order valence-electron chi connectivity index (χ2n) is 6.00. The minimum Gasteiger partial charge on any atom is -0.468 e. The third kappa shape index (κ3) is 10.5. The van der Waals surface area contributed by atoms with Gasteiger partial charge in [0.2, 0.25) is 11.8 Å². The summed E-state index contributed by atoms with van der Waals surface area (Å²) in [5.41, 5.74) is 0.644. The highest BCUT2D eigenvalue weighted by Gasteiger charge is 2.28. The number of nitrogens with one attached hydrogen (secondary N) is 1. The van der Waals surface area contributed by atoms with E-state index in [2.05, 4.69) is 20.0 Å². The van der Waals surface area contributed by atoms with Gasteiger partial charge in [-0.3, -0.25) is 4.79 Å². The Morgan fingerprint density at radius 3 is 2.48 bits per heavy atom. The lowest BCUT2D eigenvalue weighted by Gasteiger charge is -2.25. The Hall–Kier alpha value is -1.79. The molecule has 7 nitrogen and oxygen atoms in total. The molecule has 0 aromatic carbocycles. The van der Waals surface area contributed by atoms with Crippen LogP contribution in [-0.2, 0) is 11.3 Å². The molecule has 0 saturated heterocycles. The van der Waals surface area contributed by atoms with Crippen molar-refractivity contribution in [2.24, 2.45) is 4.99 Å². The van der Waals surface area contributed by atoms with Crippen molar-refractivity contribution in [3.05, 3.63) is 23.9 Å². The minimum absolute atomic E-state index is 0. The Labute approximate surface area is 186 Å². The lowest BCUT2D eigenvalue weighted by Crippen LogP contribution is -2.45. The van der Waals surface area contributed by atoms with E-state index in [0.717, 1.165) is 0 Å². The van der Waals surface area contributed by atoms with E-state index in [1.165, 1.54) is 12.3 Å². The quantitative estimate of drug-likeness (QED) is 0.302. The molecular weight excluding hydrogens is 502 g/mol. The number of halogens is 4. The van der Waals surface area contributed by atoms with Crippen molar-refractivity contribution in [1.82, 2.24) is 20.1 Å². The van der Waals surface area contributed by atoms with Crippen LogP contribution in [0.2, 0.25) is 0 Å². The monoisotopic (exact) mass is 531 g/mol. The number of aliphatic imine (C=N–C) groups is 1. The van der Waals surface area contributed by atoms with Crippen molar-refractivity contribution in [3.63, 3.8) is 0 Å². The zero-order valence-corrected chi connectivity index (χ0v) is 19.5. The SMILES string of the molecule is CCNC(=NCc1ccnc(OCC(F)(F)F)c1)N(C)CC(=O)N(CC)CC.I. The molecule has 1 heterocycles. The molecular formula is C18H29F3IN5O2. The van der Waals surface area contributed by atoms with Crippen LogP contribution in [0.25, 0.3) is 0 Å². The summed E-state index contributed by atoms with van der Waals surface area (Å²) in [5.74, 6) is 0.405. The van der Waals surface area contributed by atoms with Gasteiger partial charge in [0.25, 0.3) is 0 Å². The number of pyridine rings is 1. The number of alkyl halides is 3. The van der Waals surface area contributed by atoms with E-state index < -0.39 is 12.8 Å². The number of rotatable bonds is 9. The molecule has 0 aliphatic heterocycles. The first kappa shape index (κ1) is 27.2. The van der Waals surface area contributed by atoms with Crippen molar-refractivity contribution in [2.75, 3.05) is 39.8 Å². The van der Waals surface area contributed by atoms with Gasteiger partial charge in [-0.25, -0.2) is 9.98 Å². The summed E-state index contributed by atoms with van der Waals surface area (Å²) in [7, 11) is 1.76. The molecule has 0 aliphatic rings. The molecule has 0 spiro atoms. The Morgan fingerprint density at radius 1 is 1.28 bits per heavy atom. The second-order valence-corrected chi connectivity index (χ2v) is 6.00. The van der Waals surface area contributed by atoms with Crippen LogP contribution in [0.5, 0.6) is 5.88 Å². The van der Waals surface area contributed by atoms with Crippen LogP contribution in [0.3, 0.4) is 0 Å². The summed E-state index contributed by atoms with van der Waals surface area (Å²) in [4.78, 5) is 23.9. The van der Waals surface area contributed by atoms with Crippen molar-refractivity contribution >= 4 is 35.8 Å². The fourth-order valence-corrected chi connectivity index (χ4v) is 2.37. The van der Waals surface area contributed by atoms with Crippen LogP contribution in [-0.4, -0.2) is 72.7 Å². The molecule has 1 amide bonds. The van der Waals surface area contributed by atoms with Crippen LogP contribution < -0.4 is 10.1 Å². The number of likely N-dealkylation sites (N-methyl/N-ethyl adjacent to an activating group) is 2. The molecule has 1 aromatic heterocycles. The number of carbonyl (C=O) groups is 1. The number of aromatic nitrogens is 1. The topological polar surface area (TPSA) is 70.1 Å². The van der Waals surface area contributed by atoms with Crippen LogP contribution in [0.15, 0.2) is 23.3 Å². The molecule has 0 unspecified atom stereocenters. The number of hydrogen-bond donors (Lipinski definition) is 1. The van der Waals surface area contributed by atoms with Crippen LogP contribution in [0.4, 0.5) is 13.2 Å². The smallest absolute Gasteiger partial charge is 0.422 e. The molecule has 1 aromatic rings. The van der Waals surface area contributed by atoms with Gasteiger partial charge in [0.1, 0.15) is 0 Å². The fraction of sp³-hybridized carbons (Fsp3) is 0.611. The van der Waals surface area contributed by atoms with Crippen molar-refractivity contribution < 1.29 is 22.7 Å². The maximum absolute atomic E-state index is 12.3. The van der Waals surface area contributed by atoms with Crippen LogP contribution >= 0.6 is 24.0 Å². The fourth-order valence-electron chi connectivity index (χ4n) is 2.37. The summed E-state index contributed by atoms with van der Waals surface area (Å²) in [6.45, 7) is 6.60. The molecule has 0 saturated carbocycles. The third-order valence-corrected chi connectivity index (χ3v) is 3.78. The number of hydrogen-bond acceptors (Lipinski definition) is 4. The van der Waals surface area contributed by atoms with E-state index in [0.29, 0.717) is 31.2 Å². The van der Waals surface area contributed by atoms with Crippen molar-refractivity contribution in [2.45, 2.75) is 33.5 Å². The number of nitrogens with zero attached hydrogens (tertiary/aromatic N) is 4. The molecule has 29 heavy (non-hydrogen) atoms. The van der Waals surface area contributed by atoms with Gasteiger partial charge in [-0.05, 0) is 32.4 Å². The first-order valence-corrected chi connectivity index (χ1v) is 9.11. The minimum atomic E-state index is -4.42. The molecule has 1 N–H and O–H groups in total. The first-order chi connectivity index (χ1) is 13.2. The average Bonchev–Trinajstić information content (AvgIpc) is 2.64. The van der Waals surface area contributed by atoms with E-state index in [-0.39, 0.29) is 48.9 Å². The number of carbonyl (C=O) groups excluding carboxylic acids is 1. The normalized spacial score (nSPS) is 11.5. The van der Waals surface area contributed by atoms with E-state index in [1.54, 1.807) is 22.9 Å². The Bertz CT molecular complexity index is 655. The highest BCUT2D eigenvalue weighted by Crippen LogP contribution is 2.17. The number of amides is 1. The molecule has 0 bridgehead atoms. The lowest BCUT2D eigenvalue weighted by atomic mass is 10.3. The summed E-state index contributed by atoms with van der Waals surface area (Å²) in [6.07, 6.45) is -3.05. The number of ether oxygens (including phenoxy) is 1. The molecule has 1 rings (SSSR count). The molecule has 0 atom stereocenters. The maximum atomic E-state index is 12.3. The Morgan fingerprint density at radius 2 is 1.93 bits per heavy atom.